The van der Waals surface area contributed by atoms with Crippen LogP contribution in [0.1, 0.15) is 61.6 Å². The van der Waals surface area contributed by atoms with E-state index in [-0.39, 0.29) is 24.4 Å². The molecule has 3 saturated heterocycles. The molecule has 1 N–H and O–H groups in total. The summed E-state index contributed by atoms with van der Waals surface area (Å²) in [5.41, 5.74) is 1.56. The third-order valence-electron chi connectivity index (χ3n) is 11.2. The van der Waals surface area contributed by atoms with E-state index >= 15 is 0 Å². The lowest BCUT2D eigenvalue weighted by Crippen LogP contribution is -2.38. The normalized spacial score (nSPS) is 24.6. The molecule has 4 heterocycles. The van der Waals surface area contributed by atoms with Gasteiger partial charge in [0, 0.05) is 26.1 Å². The molecule has 3 aliphatic rings. The summed E-state index contributed by atoms with van der Waals surface area (Å²) in [7, 11) is 1.78. The Labute approximate surface area is 333 Å². The zero-order valence-corrected chi connectivity index (χ0v) is 33.3. The van der Waals surface area contributed by atoms with Gasteiger partial charge in [0.25, 0.3) is 8.53 Å². The number of methoxy groups -OCH3 is 2. The number of anilines is 1. The maximum absolute atomic E-state index is 13.4. The second-order valence-corrected chi connectivity index (χ2v) is 16.0. The quantitative estimate of drug-likeness (QED) is 0.0946. The van der Waals surface area contributed by atoms with Gasteiger partial charge in [-0.1, -0.05) is 84.9 Å². The van der Waals surface area contributed by atoms with E-state index in [9.17, 15) is 9.59 Å². The number of carbonyl (C=O) groups excluding carboxylic acids is 1. The molecule has 1 amide bonds. The molecule has 0 spiro atoms. The Bertz CT molecular complexity index is 2160. The fourth-order valence-electron chi connectivity index (χ4n) is 8.29. The summed E-state index contributed by atoms with van der Waals surface area (Å²) in [6.45, 7) is 4.47. The van der Waals surface area contributed by atoms with Crippen LogP contribution >= 0.6 is 8.53 Å². The van der Waals surface area contributed by atoms with Crippen LogP contribution in [0, 0.1) is 0 Å². The summed E-state index contributed by atoms with van der Waals surface area (Å²) in [6, 6.07) is 37.9. The Morgan fingerprint density at radius 1 is 0.895 bits per heavy atom. The van der Waals surface area contributed by atoms with Crippen molar-refractivity contribution in [1.29, 1.82) is 0 Å². The first-order valence-corrected chi connectivity index (χ1v) is 20.3. The number of ether oxygens (including phenoxy) is 4. The molecule has 296 valence electrons. The Hall–Kier alpha value is -4.94. The van der Waals surface area contributed by atoms with Crippen molar-refractivity contribution in [2.45, 2.75) is 68.8 Å². The number of nitrogens with one attached hydrogen (secondary N) is 1. The predicted octanol–water partition coefficient (Wildman–Crippen LogP) is 7.54. The molecule has 5 aromatic rings. The van der Waals surface area contributed by atoms with Crippen LogP contribution in [0.5, 0.6) is 11.5 Å². The van der Waals surface area contributed by atoms with Gasteiger partial charge in [-0.2, -0.15) is 4.98 Å². The summed E-state index contributed by atoms with van der Waals surface area (Å²) in [6.07, 6.45) is 2.08. The number of nitrogens with zero attached hydrogens (tertiary/aromatic N) is 3. The number of hydrogen-bond donors (Lipinski definition) is 1. The van der Waals surface area contributed by atoms with Crippen LogP contribution in [-0.2, 0) is 34.5 Å². The Morgan fingerprint density at radius 2 is 1.51 bits per heavy atom. The first-order valence-electron chi connectivity index (χ1n) is 19.2. The molecule has 13 heteroatoms. The highest BCUT2D eigenvalue weighted by Crippen LogP contribution is 2.64. The zero-order valence-electron chi connectivity index (χ0n) is 32.4. The van der Waals surface area contributed by atoms with Crippen molar-refractivity contribution >= 4 is 20.3 Å². The van der Waals surface area contributed by atoms with Gasteiger partial charge in [-0.25, -0.2) is 9.46 Å². The van der Waals surface area contributed by atoms with Gasteiger partial charge >= 0.3 is 5.69 Å². The van der Waals surface area contributed by atoms with E-state index in [4.69, 9.17) is 28.0 Å². The standard InChI is InChI=1S/C44H47N4O8P/c1-30(49)45-40-25-27-47(42(50)46-40)41-28-37(55-57-48-26-11-16-39(48)43(2,56-57)31-12-7-5-8-13-31)38(54-41)29-53-44(32-14-9-6-10-15-32,33-17-21-35(51-3)22-18-33)34-19-23-36(52-4)24-20-34/h5-10,12-15,17-25,27,37-39,41H,11,16,26,28-29H2,1-4H3,(H,45,46,49,50)/t37?,38?,39-,41?,43+,57+/m0/s1. The number of hydrogen-bond acceptors (Lipinski definition) is 10. The fourth-order valence-corrected chi connectivity index (χ4v) is 10.4. The molecule has 0 bridgehead atoms. The van der Waals surface area contributed by atoms with Crippen LogP contribution < -0.4 is 20.5 Å². The van der Waals surface area contributed by atoms with Crippen LogP contribution in [0.2, 0.25) is 0 Å². The van der Waals surface area contributed by atoms with E-state index in [2.05, 4.69) is 46.2 Å². The lowest BCUT2D eigenvalue weighted by atomic mass is 9.80. The van der Waals surface area contributed by atoms with Crippen molar-refractivity contribution in [3.8, 4) is 11.5 Å². The van der Waals surface area contributed by atoms with Crippen molar-refractivity contribution in [1.82, 2.24) is 14.2 Å². The van der Waals surface area contributed by atoms with Crippen molar-refractivity contribution in [3.05, 3.63) is 154 Å². The fraction of sp³-hybridized carbons (Fsp3) is 0.341. The first kappa shape index (κ1) is 38.9. The van der Waals surface area contributed by atoms with E-state index in [1.165, 1.54) is 11.5 Å². The number of benzene rings is 4. The lowest BCUT2D eigenvalue weighted by molar-refractivity contribution is -0.114. The predicted molar refractivity (Wildman–Crippen MR) is 216 cm³/mol. The minimum Gasteiger partial charge on any atom is -0.497 e. The molecular formula is C44H47N4O8P. The summed E-state index contributed by atoms with van der Waals surface area (Å²) in [4.78, 5) is 29.3. The number of rotatable bonds is 13. The van der Waals surface area contributed by atoms with Crippen LogP contribution in [0.4, 0.5) is 5.82 Å². The summed E-state index contributed by atoms with van der Waals surface area (Å²) >= 11 is 0. The van der Waals surface area contributed by atoms with Gasteiger partial charge in [-0.05, 0) is 72.4 Å². The average molecular weight is 791 g/mol. The minimum absolute atomic E-state index is 0.0861. The molecular weight excluding hydrogens is 743 g/mol. The van der Waals surface area contributed by atoms with Crippen molar-refractivity contribution in [2.75, 3.05) is 32.7 Å². The van der Waals surface area contributed by atoms with Gasteiger partial charge < -0.3 is 33.3 Å². The molecule has 12 nitrogen and oxygen atoms in total. The van der Waals surface area contributed by atoms with E-state index in [0.29, 0.717) is 6.42 Å². The van der Waals surface area contributed by atoms with Gasteiger partial charge in [-0.15, -0.1) is 0 Å². The summed E-state index contributed by atoms with van der Waals surface area (Å²) in [5, 5.41) is 2.59. The Balaban J connectivity index is 1.17. The number of amides is 1. The van der Waals surface area contributed by atoms with Crippen LogP contribution in [0.15, 0.2) is 126 Å². The average Bonchev–Trinajstić information content (AvgIpc) is 3.96. The smallest absolute Gasteiger partial charge is 0.351 e. The minimum atomic E-state index is -1.51. The van der Waals surface area contributed by atoms with Crippen molar-refractivity contribution in [3.63, 3.8) is 0 Å². The monoisotopic (exact) mass is 790 g/mol. The highest BCUT2D eigenvalue weighted by Gasteiger charge is 2.56. The second kappa shape index (κ2) is 16.5. The summed E-state index contributed by atoms with van der Waals surface area (Å²) < 4.78 is 43.0. The third-order valence-corrected chi connectivity index (χ3v) is 13.1. The molecule has 3 fully saturated rings. The number of fused-ring (bicyclic) bond motifs is 1. The van der Waals surface area contributed by atoms with E-state index in [1.54, 1.807) is 26.5 Å². The Morgan fingerprint density at radius 3 is 2.11 bits per heavy atom. The van der Waals surface area contributed by atoms with Crippen molar-refractivity contribution < 1.29 is 32.8 Å². The van der Waals surface area contributed by atoms with Gasteiger partial charge in [0.2, 0.25) is 5.91 Å². The molecule has 0 radical (unpaired) electrons. The molecule has 4 aromatic carbocycles. The molecule has 57 heavy (non-hydrogen) atoms. The maximum atomic E-state index is 13.4. The molecule has 1 aromatic heterocycles. The van der Waals surface area contributed by atoms with E-state index in [0.717, 1.165) is 53.1 Å². The van der Waals surface area contributed by atoms with Crippen LogP contribution in [0.25, 0.3) is 0 Å². The summed E-state index contributed by atoms with van der Waals surface area (Å²) in [5.74, 6) is 1.29. The SMILES string of the molecule is COc1ccc(C(OCC2OC(n3ccc(NC(C)=O)nc3=O)CC2O[P@]2O[C@](C)(c3ccccc3)[C@@H]3CCCN32)(c2ccccc2)c2ccc(OC)cc2)cc1. The number of carbonyl (C=O) groups is 1. The van der Waals surface area contributed by atoms with Crippen LogP contribution in [0.3, 0.4) is 0 Å². The largest absolute Gasteiger partial charge is 0.497 e. The molecule has 0 aliphatic carbocycles. The van der Waals surface area contributed by atoms with Gasteiger partial charge in [0.15, 0.2) is 0 Å². The first-order chi connectivity index (χ1) is 27.7. The molecule has 0 saturated carbocycles. The lowest BCUT2D eigenvalue weighted by Gasteiger charge is -2.37. The highest BCUT2D eigenvalue weighted by atomic mass is 31.2. The van der Waals surface area contributed by atoms with E-state index < -0.39 is 43.9 Å². The molecule has 8 rings (SSSR count). The highest BCUT2D eigenvalue weighted by molar-refractivity contribution is 7.45. The van der Waals surface area contributed by atoms with Gasteiger partial charge in [0.05, 0.1) is 33.0 Å². The maximum Gasteiger partial charge on any atom is 0.351 e. The van der Waals surface area contributed by atoms with Crippen LogP contribution in [-0.4, -0.2) is 65.7 Å². The molecule has 3 unspecified atom stereocenters. The topological polar surface area (TPSA) is 123 Å². The molecule has 3 aliphatic heterocycles. The second-order valence-electron chi connectivity index (χ2n) is 14.6. The van der Waals surface area contributed by atoms with Crippen molar-refractivity contribution in [2.24, 2.45) is 0 Å². The zero-order chi connectivity index (χ0) is 39.6. The third kappa shape index (κ3) is 7.61. The van der Waals surface area contributed by atoms with Gasteiger partial charge in [-0.3, -0.25) is 9.36 Å². The number of aromatic nitrogens is 2. The Kier molecular flexibility index (Phi) is 11.3. The molecule has 6 atom stereocenters. The van der Waals surface area contributed by atoms with Gasteiger partial charge in [0.1, 0.15) is 40.9 Å². The van der Waals surface area contributed by atoms with E-state index in [1.807, 2.05) is 84.9 Å².